The van der Waals surface area contributed by atoms with Crippen molar-refractivity contribution < 1.29 is 13.9 Å². The summed E-state index contributed by atoms with van der Waals surface area (Å²) in [5.74, 6) is -1.31. The van der Waals surface area contributed by atoms with Gasteiger partial charge in [0.15, 0.2) is 0 Å². The van der Waals surface area contributed by atoms with Gasteiger partial charge in [-0.05, 0) is 23.8 Å². The number of hydrogen-bond acceptors (Lipinski definition) is 5. The molecule has 0 aliphatic carbocycles. The quantitative estimate of drug-likeness (QED) is 0.702. The zero-order valence-corrected chi connectivity index (χ0v) is 12.7. The van der Waals surface area contributed by atoms with E-state index in [-0.39, 0.29) is 12.0 Å². The van der Waals surface area contributed by atoms with Crippen LogP contribution >= 0.6 is 11.3 Å². The predicted octanol–water partition coefficient (Wildman–Crippen LogP) is 3.46. The molecule has 0 aliphatic heterocycles. The fourth-order valence-electron chi connectivity index (χ4n) is 2.12. The minimum Gasteiger partial charge on any atom is -0.373 e. The van der Waals surface area contributed by atoms with Gasteiger partial charge in [-0.1, -0.05) is 6.07 Å². The van der Waals surface area contributed by atoms with Crippen molar-refractivity contribution >= 4 is 17.0 Å². The summed E-state index contributed by atoms with van der Waals surface area (Å²) < 4.78 is 26.5. The first-order valence-electron chi connectivity index (χ1n) is 6.85. The Morgan fingerprint density at radius 2 is 2.09 bits per heavy atom. The normalized spacial score (nSPS) is 12.1. The molecule has 2 heterocycles. The second kappa shape index (κ2) is 6.80. The van der Waals surface area contributed by atoms with Crippen LogP contribution in [0.2, 0.25) is 0 Å². The number of aliphatic hydroxyl groups is 1. The van der Waals surface area contributed by atoms with E-state index in [9.17, 15) is 13.9 Å². The Morgan fingerprint density at radius 3 is 2.83 bits per heavy atom. The molecule has 2 N–H and O–H groups in total. The molecule has 4 nitrogen and oxygen atoms in total. The molecular formula is C16H13F2N3OS. The molecule has 0 bridgehead atoms. The van der Waals surface area contributed by atoms with E-state index in [1.807, 2.05) is 11.4 Å². The van der Waals surface area contributed by atoms with Gasteiger partial charge in [0.25, 0.3) is 0 Å². The van der Waals surface area contributed by atoms with E-state index >= 15 is 0 Å². The molecule has 7 heteroatoms. The van der Waals surface area contributed by atoms with Crippen LogP contribution in [-0.2, 0) is 6.42 Å². The Kier molecular flexibility index (Phi) is 4.59. The summed E-state index contributed by atoms with van der Waals surface area (Å²) in [4.78, 5) is 8.94. The SMILES string of the molecule is OC(Cc1ccc(F)cc1F)Nc1csc(-c2ccncn2)c1. The third-order valence-electron chi connectivity index (χ3n) is 3.20. The van der Waals surface area contributed by atoms with Crippen LogP contribution in [0.5, 0.6) is 0 Å². The van der Waals surface area contributed by atoms with E-state index in [0.29, 0.717) is 5.69 Å². The van der Waals surface area contributed by atoms with Crippen molar-refractivity contribution in [3.8, 4) is 10.6 Å². The Morgan fingerprint density at radius 1 is 1.22 bits per heavy atom. The predicted molar refractivity (Wildman–Crippen MR) is 85.0 cm³/mol. The van der Waals surface area contributed by atoms with Gasteiger partial charge in [-0.2, -0.15) is 0 Å². The van der Waals surface area contributed by atoms with Crippen LogP contribution < -0.4 is 5.32 Å². The standard InChI is InChI=1S/C16H13F2N3OS/c17-11-2-1-10(13(18)6-11)5-16(22)21-12-7-15(23-8-12)14-3-4-19-9-20-14/h1-4,6-9,16,21-22H,5H2. The molecule has 3 rings (SSSR count). The lowest BCUT2D eigenvalue weighted by Gasteiger charge is -2.13. The minimum atomic E-state index is -0.984. The lowest BCUT2D eigenvalue weighted by molar-refractivity contribution is 0.202. The average Bonchev–Trinajstić information content (AvgIpc) is 2.99. The van der Waals surface area contributed by atoms with Crippen molar-refractivity contribution in [2.45, 2.75) is 12.6 Å². The van der Waals surface area contributed by atoms with Crippen molar-refractivity contribution in [2.24, 2.45) is 0 Å². The first kappa shape index (κ1) is 15.5. The van der Waals surface area contributed by atoms with Gasteiger partial charge >= 0.3 is 0 Å². The summed E-state index contributed by atoms with van der Waals surface area (Å²) >= 11 is 1.47. The van der Waals surface area contributed by atoms with E-state index in [0.717, 1.165) is 16.6 Å². The largest absolute Gasteiger partial charge is 0.373 e. The lowest BCUT2D eigenvalue weighted by Crippen LogP contribution is -2.21. The number of thiophene rings is 1. The van der Waals surface area contributed by atoms with Crippen LogP contribution in [0.4, 0.5) is 14.5 Å². The van der Waals surface area contributed by atoms with Gasteiger partial charge in [0.2, 0.25) is 0 Å². The highest BCUT2D eigenvalue weighted by Crippen LogP contribution is 2.28. The zero-order chi connectivity index (χ0) is 16.2. The summed E-state index contributed by atoms with van der Waals surface area (Å²) in [6.07, 6.45) is 2.17. The van der Waals surface area contributed by atoms with E-state index in [1.54, 1.807) is 12.3 Å². The molecule has 1 aromatic carbocycles. The maximum Gasteiger partial charge on any atom is 0.129 e. The Labute approximate surface area is 135 Å². The molecule has 0 amide bonds. The van der Waals surface area contributed by atoms with Crippen molar-refractivity contribution in [1.29, 1.82) is 0 Å². The monoisotopic (exact) mass is 333 g/mol. The number of aromatic nitrogens is 2. The van der Waals surface area contributed by atoms with Crippen molar-refractivity contribution in [3.05, 3.63) is 65.4 Å². The summed E-state index contributed by atoms with van der Waals surface area (Å²) in [5.41, 5.74) is 1.74. The number of rotatable bonds is 5. The smallest absolute Gasteiger partial charge is 0.129 e. The number of hydrogen-bond donors (Lipinski definition) is 2. The van der Waals surface area contributed by atoms with Gasteiger partial charge in [-0.25, -0.2) is 18.7 Å². The van der Waals surface area contributed by atoms with Crippen molar-refractivity contribution in [1.82, 2.24) is 9.97 Å². The Balaban J connectivity index is 1.66. The third-order valence-corrected chi connectivity index (χ3v) is 4.15. The second-order valence-electron chi connectivity index (χ2n) is 4.89. The fraction of sp³-hybridized carbons (Fsp3) is 0.125. The highest BCUT2D eigenvalue weighted by atomic mass is 32.1. The van der Waals surface area contributed by atoms with Crippen molar-refractivity contribution in [2.75, 3.05) is 5.32 Å². The zero-order valence-electron chi connectivity index (χ0n) is 11.9. The molecule has 0 radical (unpaired) electrons. The van der Waals surface area contributed by atoms with E-state index < -0.39 is 17.9 Å². The number of anilines is 1. The van der Waals surface area contributed by atoms with Gasteiger partial charge < -0.3 is 10.4 Å². The number of nitrogens with one attached hydrogen (secondary N) is 1. The number of nitrogens with zero attached hydrogens (tertiary/aromatic N) is 2. The molecule has 3 aromatic rings. The van der Waals surface area contributed by atoms with Crippen LogP contribution in [0.1, 0.15) is 5.56 Å². The molecule has 118 valence electrons. The average molecular weight is 333 g/mol. The molecule has 0 aliphatic rings. The molecule has 0 fully saturated rings. The summed E-state index contributed by atoms with van der Waals surface area (Å²) in [6, 6.07) is 6.94. The van der Waals surface area contributed by atoms with Crippen LogP contribution in [0, 0.1) is 11.6 Å². The lowest BCUT2D eigenvalue weighted by atomic mass is 10.1. The summed E-state index contributed by atoms with van der Waals surface area (Å²) in [7, 11) is 0. The van der Waals surface area contributed by atoms with Crippen LogP contribution in [0.25, 0.3) is 10.6 Å². The highest BCUT2D eigenvalue weighted by molar-refractivity contribution is 7.14. The summed E-state index contributed by atoms with van der Waals surface area (Å²) in [6.45, 7) is 0. The molecule has 0 saturated heterocycles. The molecular weight excluding hydrogens is 320 g/mol. The Hall–Kier alpha value is -2.38. The molecule has 23 heavy (non-hydrogen) atoms. The van der Waals surface area contributed by atoms with Gasteiger partial charge in [0.1, 0.15) is 24.2 Å². The maximum atomic E-state index is 13.6. The van der Waals surface area contributed by atoms with E-state index in [1.165, 1.54) is 29.8 Å². The van der Waals surface area contributed by atoms with Gasteiger partial charge in [0, 0.05) is 29.8 Å². The molecule has 2 aromatic heterocycles. The van der Waals surface area contributed by atoms with E-state index in [2.05, 4.69) is 15.3 Å². The van der Waals surface area contributed by atoms with Gasteiger partial charge in [-0.3, -0.25) is 0 Å². The minimum absolute atomic E-state index is 0.0325. The molecule has 1 atom stereocenters. The van der Waals surface area contributed by atoms with Gasteiger partial charge in [0.05, 0.1) is 10.6 Å². The number of aliphatic hydroxyl groups excluding tert-OH is 1. The van der Waals surface area contributed by atoms with E-state index in [4.69, 9.17) is 0 Å². The highest BCUT2D eigenvalue weighted by Gasteiger charge is 2.11. The maximum absolute atomic E-state index is 13.6. The fourth-order valence-corrected chi connectivity index (χ4v) is 2.95. The van der Waals surface area contributed by atoms with Gasteiger partial charge in [-0.15, -0.1) is 11.3 Å². The summed E-state index contributed by atoms with van der Waals surface area (Å²) in [5, 5.41) is 14.8. The topological polar surface area (TPSA) is 58.0 Å². The van der Waals surface area contributed by atoms with Crippen molar-refractivity contribution in [3.63, 3.8) is 0 Å². The van der Waals surface area contributed by atoms with Crippen LogP contribution in [-0.4, -0.2) is 21.3 Å². The molecule has 1 unspecified atom stereocenters. The first-order valence-corrected chi connectivity index (χ1v) is 7.73. The first-order chi connectivity index (χ1) is 11.1. The number of benzene rings is 1. The molecule has 0 spiro atoms. The third kappa shape index (κ3) is 3.88. The van der Waals surface area contributed by atoms with Crippen LogP contribution in [0.3, 0.4) is 0 Å². The molecule has 0 saturated carbocycles. The van der Waals surface area contributed by atoms with Crippen LogP contribution in [0.15, 0.2) is 48.2 Å². The Bertz CT molecular complexity index is 795. The number of halogens is 2. The second-order valence-corrected chi connectivity index (χ2v) is 5.81.